The molecule has 0 bridgehead atoms. The van der Waals surface area contributed by atoms with E-state index in [0.717, 1.165) is 12.1 Å². The van der Waals surface area contributed by atoms with E-state index in [2.05, 4.69) is 20.5 Å². The summed E-state index contributed by atoms with van der Waals surface area (Å²) < 4.78 is 99.8. The van der Waals surface area contributed by atoms with Gasteiger partial charge in [0.05, 0.1) is 11.4 Å². The summed E-state index contributed by atoms with van der Waals surface area (Å²) >= 11 is 0. The number of nitrogens with two attached hydrogens (primary N) is 2. The van der Waals surface area contributed by atoms with Crippen molar-refractivity contribution in [1.82, 2.24) is 0 Å². The van der Waals surface area contributed by atoms with Crippen molar-refractivity contribution in [2.45, 2.75) is 35.0 Å². The molecular weight excluding hydrogens is 576 g/mol. The van der Waals surface area contributed by atoms with Gasteiger partial charge < -0.3 is 11.5 Å². The average molecular weight is 599 g/mol. The highest BCUT2D eigenvalue weighted by Gasteiger charge is 2.23. The summed E-state index contributed by atoms with van der Waals surface area (Å²) in [6.45, 7) is 3.31. The van der Waals surface area contributed by atoms with Gasteiger partial charge in [0.2, 0.25) is 0 Å². The molecule has 0 aliphatic heterocycles. The van der Waals surface area contributed by atoms with Crippen molar-refractivity contribution in [3.63, 3.8) is 0 Å². The molecule has 0 unspecified atom stereocenters. The Hall–Kier alpha value is -3.81. The zero-order valence-corrected chi connectivity index (χ0v) is 22.7. The first-order valence-electron chi connectivity index (χ1n) is 10.6. The molecule has 0 aliphatic rings. The van der Waals surface area contributed by atoms with Gasteiger partial charge in [0.25, 0.3) is 30.4 Å². The predicted octanol–water partition coefficient (Wildman–Crippen LogP) is 4.29. The third-order valence-electron chi connectivity index (χ3n) is 5.22. The highest BCUT2D eigenvalue weighted by Crippen LogP contribution is 2.43. The number of nitrogen functional groups attached to an aromatic ring is 2. The lowest BCUT2D eigenvalue weighted by Crippen LogP contribution is -2.05. The van der Waals surface area contributed by atoms with E-state index >= 15 is 0 Å². The molecule has 208 valence electrons. The molecule has 0 amide bonds. The Morgan fingerprint density at radius 3 is 1.67 bits per heavy atom. The van der Waals surface area contributed by atoms with Crippen LogP contribution in [0.5, 0.6) is 0 Å². The van der Waals surface area contributed by atoms with Crippen LogP contribution in [0.4, 0.5) is 34.1 Å². The highest BCUT2D eigenvalue weighted by molar-refractivity contribution is 7.86. The van der Waals surface area contributed by atoms with Crippen LogP contribution in [0.2, 0.25) is 0 Å². The summed E-state index contributed by atoms with van der Waals surface area (Å²) in [7, 11) is -14.5. The van der Waals surface area contributed by atoms with Crippen LogP contribution in [0.1, 0.15) is 18.1 Å². The molecule has 0 fully saturated rings. The van der Waals surface area contributed by atoms with Crippen molar-refractivity contribution in [2.24, 2.45) is 20.5 Å². The number of benzene rings is 3. The van der Waals surface area contributed by atoms with E-state index in [1.165, 1.54) is 30.3 Å². The standard InChI is InChI=1S/C21H22N6O9S3/c1-3-12-5-7-14(17(9-12)38(31,32)33)24-26-15-10-18(39(34,35)36)20(23)21(19(15)22)27-25-13-6-4-11(2)8-16(13)37(28,29)30/h4-10H,3,22-23H2,1-2H3,(H,28,29,30)(H,31,32,33)(H,34,35,36)/b26-24+,27-25+. The smallest absolute Gasteiger partial charge is 0.296 e. The van der Waals surface area contributed by atoms with Gasteiger partial charge in [-0.25, -0.2) is 0 Å². The van der Waals surface area contributed by atoms with Gasteiger partial charge in [0.1, 0.15) is 37.4 Å². The largest absolute Gasteiger partial charge is 0.396 e. The molecule has 3 aromatic carbocycles. The maximum Gasteiger partial charge on any atom is 0.296 e. The lowest BCUT2D eigenvalue weighted by molar-refractivity contribution is 0.481. The molecule has 0 saturated carbocycles. The molecule has 3 aromatic rings. The molecule has 0 atom stereocenters. The number of hydrogen-bond acceptors (Lipinski definition) is 12. The number of hydrogen-bond donors (Lipinski definition) is 5. The van der Waals surface area contributed by atoms with Gasteiger partial charge in [-0.05, 0) is 54.8 Å². The molecule has 18 heteroatoms. The zero-order valence-electron chi connectivity index (χ0n) is 20.2. The van der Waals surface area contributed by atoms with Crippen molar-refractivity contribution < 1.29 is 38.9 Å². The SMILES string of the molecule is CCc1ccc(/N=N/c2cc(S(=O)(=O)O)c(N)c(/N=N/c3ccc(C)cc3S(=O)(=O)O)c2N)c(S(=O)(=O)O)c1. The minimum absolute atomic E-state index is 0.319. The number of anilines is 2. The van der Waals surface area contributed by atoms with E-state index in [-0.39, 0.29) is 11.4 Å². The predicted molar refractivity (Wildman–Crippen MR) is 140 cm³/mol. The molecule has 15 nitrogen and oxygen atoms in total. The fourth-order valence-corrected chi connectivity index (χ4v) is 5.27. The average Bonchev–Trinajstić information content (AvgIpc) is 2.82. The van der Waals surface area contributed by atoms with Crippen molar-refractivity contribution in [2.75, 3.05) is 11.5 Å². The van der Waals surface area contributed by atoms with Gasteiger partial charge in [-0.2, -0.15) is 25.3 Å². The summed E-state index contributed by atoms with van der Waals surface area (Å²) in [5.74, 6) is 0. The van der Waals surface area contributed by atoms with Gasteiger partial charge in [0.15, 0.2) is 0 Å². The molecule has 39 heavy (non-hydrogen) atoms. The van der Waals surface area contributed by atoms with E-state index in [4.69, 9.17) is 11.5 Å². The van der Waals surface area contributed by atoms with Crippen LogP contribution in [-0.2, 0) is 36.8 Å². The molecular formula is C21H22N6O9S3. The molecule has 0 saturated heterocycles. The summed E-state index contributed by atoms with van der Waals surface area (Å²) in [6.07, 6.45) is 0.442. The first kappa shape index (κ1) is 29.7. The topological polar surface area (TPSA) is 265 Å². The van der Waals surface area contributed by atoms with E-state index < -0.39 is 67.8 Å². The highest BCUT2D eigenvalue weighted by atomic mass is 32.2. The Labute approximate surface area is 223 Å². The minimum atomic E-state index is -4.99. The maximum absolute atomic E-state index is 12.0. The lowest BCUT2D eigenvalue weighted by Gasteiger charge is -2.11. The fourth-order valence-electron chi connectivity index (χ4n) is 3.26. The van der Waals surface area contributed by atoms with Gasteiger partial charge >= 0.3 is 0 Å². The first-order valence-corrected chi connectivity index (χ1v) is 15.0. The van der Waals surface area contributed by atoms with Crippen molar-refractivity contribution in [1.29, 1.82) is 0 Å². The van der Waals surface area contributed by atoms with Gasteiger partial charge in [-0.3, -0.25) is 13.7 Å². The van der Waals surface area contributed by atoms with Crippen LogP contribution in [0.3, 0.4) is 0 Å². The van der Waals surface area contributed by atoms with E-state index in [1.54, 1.807) is 13.8 Å². The van der Waals surface area contributed by atoms with E-state index in [1.807, 2.05) is 0 Å². The number of aryl methyl sites for hydroxylation is 2. The summed E-state index contributed by atoms with van der Waals surface area (Å²) in [5.41, 5.74) is 10.1. The third kappa shape index (κ3) is 6.80. The van der Waals surface area contributed by atoms with Crippen LogP contribution in [-0.4, -0.2) is 38.9 Å². The van der Waals surface area contributed by atoms with Crippen LogP contribution in [0, 0.1) is 6.92 Å². The van der Waals surface area contributed by atoms with Crippen molar-refractivity contribution >= 4 is 64.5 Å². The Balaban J connectivity index is 2.24. The van der Waals surface area contributed by atoms with Crippen molar-refractivity contribution in [3.05, 3.63) is 53.6 Å². The first-order chi connectivity index (χ1) is 17.9. The van der Waals surface area contributed by atoms with Crippen LogP contribution in [0.15, 0.2) is 77.6 Å². The molecule has 0 aromatic heterocycles. The van der Waals surface area contributed by atoms with Crippen LogP contribution >= 0.6 is 0 Å². The second kappa shape index (κ2) is 10.8. The molecule has 7 N–H and O–H groups in total. The Morgan fingerprint density at radius 1 is 0.641 bits per heavy atom. The summed E-state index contributed by atoms with van der Waals surface area (Å²) in [4.78, 5) is -2.09. The Morgan fingerprint density at radius 2 is 1.13 bits per heavy atom. The Bertz CT molecular complexity index is 1850. The second-order valence-corrected chi connectivity index (χ2v) is 12.2. The van der Waals surface area contributed by atoms with Crippen LogP contribution < -0.4 is 11.5 Å². The second-order valence-electron chi connectivity index (χ2n) is 8.02. The fraction of sp³-hybridized carbons (Fsp3) is 0.143. The molecule has 0 spiro atoms. The quantitative estimate of drug-likeness (QED) is 0.139. The summed E-state index contributed by atoms with van der Waals surface area (Å²) in [5, 5.41) is 15.0. The minimum Gasteiger partial charge on any atom is -0.396 e. The number of rotatable bonds is 8. The lowest BCUT2D eigenvalue weighted by atomic mass is 10.1. The third-order valence-corrected chi connectivity index (χ3v) is 7.88. The number of nitrogens with zero attached hydrogens (tertiary/aromatic N) is 4. The van der Waals surface area contributed by atoms with Crippen LogP contribution in [0.25, 0.3) is 0 Å². The monoisotopic (exact) mass is 598 g/mol. The van der Waals surface area contributed by atoms with E-state index in [9.17, 15) is 38.9 Å². The maximum atomic E-state index is 12.0. The van der Waals surface area contributed by atoms with Gasteiger partial charge in [-0.1, -0.05) is 19.1 Å². The van der Waals surface area contributed by atoms with Gasteiger partial charge in [-0.15, -0.1) is 20.5 Å². The van der Waals surface area contributed by atoms with E-state index in [0.29, 0.717) is 17.5 Å². The van der Waals surface area contributed by atoms with Crippen molar-refractivity contribution in [3.8, 4) is 0 Å². The molecule has 0 heterocycles. The molecule has 0 aliphatic carbocycles. The van der Waals surface area contributed by atoms with Gasteiger partial charge in [0, 0.05) is 0 Å². The summed E-state index contributed by atoms with van der Waals surface area (Å²) in [6, 6.07) is 8.46. The Kier molecular flexibility index (Phi) is 8.20. The normalized spacial score (nSPS) is 12.9. The number of azo groups is 2. The molecule has 3 rings (SSSR count). The zero-order chi connectivity index (χ0) is 29.3. The molecule has 0 radical (unpaired) electrons.